The zero-order chi connectivity index (χ0) is 19.4. The Bertz CT molecular complexity index is 875. The van der Waals surface area contributed by atoms with Crippen LogP contribution >= 0.6 is 0 Å². The fourth-order valence-electron chi connectivity index (χ4n) is 3.41. The van der Waals surface area contributed by atoms with Gasteiger partial charge in [0.2, 0.25) is 11.8 Å². The van der Waals surface area contributed by atoms with Gasteiger partial charge in [0.1, 0.15) is 5.75 Å². The van der Waals surface area contributed by atoms with E-state index in [2.05, 4.69) is 0 Å². The Kier molecular flexibility index (Phi) is 5.60. The fourth-order valence-corrected chi connectivity index (χ4v) is 3.41. The standard InChI is InChI=1S/C22H24N2O3/c1-16(25)24-13-12-17-8-4-6-10-19(17)20(24)14-22(26)23(2)15-18-9-5-7-11-21(18)27-3/h4-13,20H,14-15H2,1-3H3/t20-/m0/s1. The molecule has 1 aliphatic rings. The summed E-state index contributed by atoms with van der Waals surface area (Å²) in [6, 6.07) is 15.2. The molecule has 0 fully saturated rings. The van der Waals surface area contributed by atoms with Crippen molar-refractivity contribution in [3.8, 4) is 5.75 Å². The molecule has 2 aromatic rings. The van der Waals surface area contributed by atoms with Crippen molar-refractivity contribution in [3.63, 3.8) is 0 Å². The molecule has 0 aliphatic carbocycles. The Balaban J connectivity index is 1.78. The molecule has 0 bridgehead atoms. The molecule has 1 heterocycles. The zero-order valence-electron chi connectivity index (χ0n) is 15.9. The Labute approximate surface area is 159 Å². The summed E-state index contributed by atoms with van der Waals surface area (Å²) in [5.74, 6) is 0.654. The van der Waals surface area contributed by atoms with Crippen molar-refractivity contribution in [2.24, 2.45) is 0 Å². The van der Waals surface area contributed by atoms with Crippen molar-refractivity contribution in [3.05, 3.63) is 71.4 Å². The number of carbonyl (C=O) groups is 2. The van der Waals surface area contributed by atoms with E-state index in [0.29, 0.717) is 6.54 Å². The van der Waals surface area contributed by atoms with Gasteiger partial charge in [-0.15, -0.1) is 0 Å². The Morgan fingerprint density at radius 1 is 1.11 bits per heavy atom. The van der Waals surface area contributed by atoms with Crippen molar-refractivity contribution < 1.29 is 14.3 Å². The molecule has 5 nitrogen and oxygen atoms in total. The van der Waals surface area contributed by atoms with Crippen LogP contribution < -0.4 is 4.74 Å². The van der Waals surface area contributed by atoms with Crippen LogP contribution in [-0.4, -0.2) is 35.8 Å². The van der Waals surface area contributed by atoms with Gasteiger partial charge in [0.25, 0.3) is 0 Å². The number of hydrogen-bond donors (Lipinski definition) is 0. The second kappa shape index (κ2) is 8.08. The zero-order valence-corrected chi connectivity index (χ0v) is 15.9. The maximum atomic E-state index is 12.9. The lowest BCUT2D eigenvalue weighted by atomic mass is 9.93. The predicted molar refractivity (Wildman–Crippen MR) is 105 cm³/mol. The van der Waals surface area contributed by atoms with Crippen LogP contribution in [0.3, 0.4) is 0 Å². The molecular formula is C22H24N2O3. The Morgan fingerprint density at radius 2 is 1.81 bits per heavy atom. The van der Waals surface area contributed by atoms with Gasteiger partial charge in [-0.1, -0.05) is 42.5 Å². The molecule has 0 radical (unpaired) electrons. The van der Waals surface area contributed by atoms with Crippen LogP contribution in [0.1, 0.15) is 36.1 Å². The molecule has 0 saturated carbocycles. The van der Waals surface area contributed by atoms with Crippen molar-refractivity contribution >= 4 is 17.9 Å². The molecule has 3 rings (SSSR count). The highest BCUT2D eigenvalue weighted by Crippen LogP contribution is 2.33. The third kappa shape index (κ3) is 4.03. The van der Waals surface area contributed by atoms with Gasteiger partial charge in [-0.3, -0.25) is 9.59 Å². The third-order valence-electron chi connectivity index (χ3n) is 4.86. The van der Waals surface area contributed by atoms with E-state index in [0.717, 1.165) is 22.4 Å². The summed E-state index contributed by atoms with van der Waals surface area (Å²) >= 11 is 0. The molecule has 0 unspecified atom stereocenters. The minimum Gasteiger partial charge on any atom is -0.496 e. The first-order valence-electron chi connectivity index (χ1n) is 8.93. The highest BCUT2D eigenvalue weighted by atomic mass is 16.5. The highest BCUT2D eigenvalue weighted by Gasteiger charge is 2.29. The van der Waals surface area contributed by atoms with Crippen LogP contribution in [0.25, 0.3) is 6.08 Å². The third-order valence-corrected chi connectivity index (χ3v) is 4.86. The maximum absolute atomic E-state index is 12.9. The summed E-state index contributed by atoms with van der Waals surface area (Å²) in [6.07, 6.45) is 3.91. The molecule has 5 heteroatoms. The molecule has 2 amide bonds. The predicted octanol–water partition coefficient (Wildman–Crippen LogP) is 3.62. The lowest BCUT2D eigenvalue weighted by molar-refractivity contribution is -0.134. The van der Waals surface area contributed by atoms with Gasteiger partial charge in [-0.2, -0.15) is 0 Å². The number of carbonyl (C=O) groups excluding carboxylic acids is 2. The molecule has 2 aromatic carbocycles. The minimum atomic E-state index is -0.295. The second-order valence-corrected chi connectivity index (χ2v) is 6.65. The van der Waals surface area contributed by atoms with Gasteiger partial charge < -0.3 is 14.5 Å². The molecule has 27 heavy (non-hydrogen) atoms. The number of fused-ring (bicyclic) bond motifs is 1. The molecule has 1 aliphatic heterocycles. The quantitative estimate of drug-likeness (QED) is 0.814. The molecule has 0 spiro atoms. The molecular weight excluding hydrogens is 340 g/mol. The Hall–Kier alpha value is -3.08. The molecule has 0 saturated heterocycles. The van der Waals surface area contributed by atoms with Gasteiger partial charge in [0.05, 0.1) is 19.6 Å². The van der Waals surface area contributed by atoms with Gasteiger partial charge in [0, 0.05) is 32.3 Å². The van der Waals surface area contributed by atoms with E-state index in [4.69, 9.17) is 4.74 Å². The van der Waals surface area contributed by atoms with E-state index < -0.39 is 0 Å². The van der Waals surface area contributed by atoms with Gasteiger partial charge in [-0.05, 0) is 23.3 Å². The fraction of sp³-hybridized carbons (Fsp3) is 0.273. The first kappa shape index (κ1) is 18.7. The Morgan fingerprint density at radius 3 is 2.56 bits per heavy atom. The topological polar surface area (TPSA) is 49.9 Å². The smallest absolute Gasteiger partial charge is 0.225 e. The summed E-state index contributed by atoms with van der Waals surface area (Å²) in [6.45, 7) is 1.97. The number of nitrogens with zero attached hydrogens (tertiary/aromatic N) is 2. The summed E-state index contributed by atoms with van der Waals surface area (Å²) in [4.78, 5) is 28.3. The van der Waals surface area contributed by atoms with E-state index in [-0.39, 0.29) is 24.3 Å². The van der Waals surface area contributed by atoms with E-state index in [1.165, 1.54) is 6.92 Å². The minimum absolute atomic E-state index is 0.0257. The van der Waals surface area contributed by atoms with Crippen molar-refractivity contribution in [2.45, 2.75) is 25.9 Å². The summed E-state index contributed by atoms with van der Waals surface area (Å²) < 4.78 is 5.37. The highest BCUT2D eigenvalue weighted by molar-refractivity contribution is 5.81. The first-order valence-corrected chi connectivity index (χ1v) is 8.93. The number of ether oxygens (including phenoxy) is 1. The van der Waals surface area contributed by atoms with Crippen molar-refractivity contribution in [2.75, 3.05) is 14.2 Å². The van der Waals surface area contributed by atoms with Crippen molar-refractivity contribution in [1.82, 2.24) is 9.80 Å². The van der Waals surface area contributed by atoms with Crippen LogP contribution in [0.5, 0.6) is 5.75 Å². The molecule has 0 N–H and O–H groups in total. The van der Waals surface area contributed by atoms with E-state index >= 15 is 0 Å². The summed E-state index contributed by atoms with van der Waals surface area (Å²) in [5.41, 5.74) is 2.98. The number of benzene rings is 2. The number of amides is 2. The number of hydrogen-bond acceptors (Lipinski definition) is 3. The number of methoxy groups -OCH3 is 1. The molecule has 0 aromatic heterocycles. The van der Waals surface area contributed by atoms with E-state index in [1.54, 1.807) is 30.2 Å². The van der Waals surface area contributed by atoms with Gasteiger partial charge in [0.15, 0.2) is 0 Å². The number of para-hydroxylation sites is 1. The maximum Gasteiger partial charge on any atom is 0.225 e. The van der Waals surface area contributed by atoms with Gasteiger partial charge >= 0.3 is 0 Å². The normalized spacial score (nSPS) is 15.2. The lowest BCUT2D eigenvalue weighted by Crippen LogP contribution is -2.35. The SMILES string of the molecule is COc1ccccc1CN(C)C(=O)C[C@H]1c2ccccc2C=CN1C(C)=O. The van der Waals surface area contributed by atoms with Crippen molar-refractivity contribution in [1.29, 1.82) is 0 Å². The monoisotopic (exact) mass is 364 g/mol. The molecule has 1 atom stereocenters. The largest absolute Gasteiger partial charge is 0.496 e. The second-order valence-electron chi connectivity index (χ2n) is 6.65. The van der Waals surface area contributed by atoms with E-state index in [1.807, 2.05) is 54.6 Å². The van der Waals surface area contributed by atoms with Crippen LogP contribution in [0.2, 0.25) is 0 Å². The van der Waals surface area contributed by atoms with Crippen LogP contribution in [0, 0.1) is 0 Å². The summed E-state index contributed by atoms with van der Waals surface area (Å²) in [5, 5.41) is 0. The van der Waals surface area contributed by atoms with Crippen LogP contribution in [-0.2, 0) is 16.1 Å². The number of rotatable bonds is 5. The van der Waals surface area contributed by atoms with Gasteiger partial charge in [-0.25, -0.2) is 0 Å². The molecule has 140 valence electrons. The summed E-state index contributed by atoms with van der Waals surface area (Å²) in [7, 11) is 3.40. The lowest BCUT2D eigenvalue weighted by Gasteiger charge is -2.33. The first-order chi connectivity index (χ1) is 13.0. The van der Waals surface area contributed by atoms with Crippen LogP contribution in [0.15, 0.2) is 54.7 Å². The van der Waals surface area contributed by atoms with Crippen LogP contribution in [0.4, 0.5) is 0 Å². The average molecular weight is 364 g/mol. The van der Waals surface area contributed by atoms with E-state index in [9.17, 15) is 9.59 Å². The average Bonchev–Trinajstić information content (AvgIpc) is 2.68.